The van der Waals surface area contributed by atoms with Crippen molar-refractivity contribution in [1.29, 1.82) is 0 Å². The highest BCUT2D eigenvalue weighted by atomic mass is 32.1. The van der Waals surface area contributed by atoms with Crippen molar-refractivity contribution in [2.75, 3.05) is 7.05 Å². The topological polar surface area (TPSA) is 128 Å². The third-order valence-corrected chi connectivity index (χ3v) is 8.02. The summed E-state index contributed by atoms with van der Waals surface area (Å²) in [5, 5.41) is 4.31. The number of pyridine rings is 1. The Labute approximate surface area is 236 Å². The van der Waals surface area contributed by atoms with Crippen molar-refractivity contribution in [2.24, 2.45) is 4.99 Å². The molecule has 1 N–H and O–H groups in total. The fourth-order valence-corrected chi connectivity index (χ4v) is 5.81. The number of rotatable bonds is 7. The monoisotopic (exact) mass is 564 g/mol. The van der Waals surface area contributed by atoms with E-state index in [1.165, 1.54) is 11.3 Å². The van der Waals surface area contributed by atoms with Gasteiger partial charge in [-0.3, -0.25) is 23.9 Å². The number of hydrogen-bond acceptors (Lipinski definition) is 8. The molecule has 0 bridgehead atoms. The van der Waals surface area contributed by atoms with E-state index in [1.807, 2.05) is 61.5 Å². The molecule has 2 aromatic carbocycles. The number of nitrogens with zero attached hydrogens (tertiary/aromatic N) is 5. The number of aliphatic imine (C=N–C) groups is 1. The smallest absolute Gasteiger partial charge is 0.296 e. The van der Waals surface area contributed by atoms with Gasteiger partial charge in [-0.2, -0.15) is 0 Å². The molecule has 6 rings (SSSR count). The van der Waals surface area contributed by atoms with Gasteiger partial charge in [-0.05, 0) is 41.3 Å². The van der Waals surface area contributed by atoms with Crippen molar-refractivity contribution in [1.82, 2.24) is 24.3 Å². The van der Waals surface area contributed by atoms with Gasteiger partial charge in [0, 0.05) is 35.5 Å². The van der Waals surface area contributed by atoms with Crippen LogP contribution in [0.25, 0.3) is 38.5 Å². The molecule has 0 radical (unpaired) electrons. The molecular formula is C30H24N6O4S. The predicted octanol–water partition coefficient (Wildman–Crippen LogP) is 4.28. The van der Waals surface area contributed by atoms with E-state index in [-0.39, 0.29) is 17.9 Å². The summed E-state index contributed by atoms with van der Waals surface area (Å²) in [6.07, 6.45) is 3.99. The number of aryl methyl sites for hydroxylation is 1. The van der Waals surface area contributed by atoms with Crippen molar-refractivity contribution < 1.29 is 4.52 Å². The molecule has 41 heavy (non-hydrogen) atoms. The SMILES string of the molecule is CCc1cc2c(=O)n(-c3ccc(C=NC)cn3)c(=O)n(Cc3ccc(-c4ccccc4-c4noc(=O)[nH]4)cc3)c2s1. The van der Waals surface area contributed by atoms with Gasteiger partial charge in [0.1, 0.15) is 10.6 Å². The average Bonchev–Trinajstić information content (AvgIpc) is 3.63. The molecule has 6 aromatic rings. The third-order valence-electron chi connectivity index (χ3n) is 6.72. The molecule has 11 heteroatoms. The van der Waals surface area contributed by atoms with E-state index in [2.05, 4.69) is 20.1 Å². The molecule has 0 aliphatic heterocycles. The summed E-state index contributed by atoms with van der Waals surface area (Å²) >= 11 is 1.45. The minimum atomic E-state index is -0.621. The van der Waals surface area contributed by atoms with E-state index in [4.69, 9.17) is 4.52 Å². The molecular weight excluding hydrogens is 540 g/mol. The number of fused-ring (bicyclic) bond motifs is 1. The molecule has 0 unspecified atom stereocenters. The summed E-state index contributed by atoms with van der Waals surface area (Å²) in [4.78, 5) is 51.5. The minimum Gasteiger partial charge on any atom is -0.296 e. The van der Waals surface area contributed by atoms with Crippen LogP contribution in [0.2, 0.25) is 0 Å². The number of benzene rings is 2. The van der Waals surface area contributed by atoms with E-state index in [9.17, 15) is 14.4 Å². The molecule has 0 saturated heterocycles. The van der Waals surface area contributed by atoms with Crippen LogP contribution in [0.15, 0.2) is 96.8 Å². The Bertz CT molecular complexity index is 2080. The third kappa shape index (κ3) is 4.87. The first kappa shape index (κ1) is 26.1. The fraction of sp³-hybridized carbons (Fsp3) is 0.133. The van der Waals surface area contributed by atoms with Crippen LogP contribution in [0.5, 0.6) is 0 Å². The van der Waals surface area contributed by atoms with Crippen LogP contribution in [0.3, 0.4) is 0 Å². The zero-order valence-corrected chi connectivity index (χ0v) is 23.0. The fourth-order valence-electron chi connectivity index (χ4n) is 4.73. The van der Waals surface area contributed by atoms with Gasteiger partial charge in [0.05, 0.1) is 11.9 Å². The van der Waals surface area contributed by atoms with E-state index < -0.39 is 11.4 Å². The summed E-state index contributed by atoms with van der Waals surface area (Å²) in [6, 6.07) is 20.6. The van der Waals surface area contributed by atoms with Crippen LogP contribution in [0, 0.1) is 0 Å². The van der Waals surface area contributed by atoms with Crippen LogP contribution < -0.4 is 17.0 Å². The second kappa shape index (κ2) is 10.8. The van der Waals surface area contributed by atoms with E-state index >= 15 is 0 Å². The standard InChI is InChI=1S/C30H24N6O4S/c1-3-21-14-24-27(37)36(25-13-10-19(15-31-2)16-32-25)30(39)35(28(24)41-21)17-18-8-11-20(12-9-18)22-6-4-5-7-23(22)26-33-29(38)40-34-26/h4-16H,3,17H2,1-2H3,(H,33,34,38). The first-order chi connectivity index (χ1) is 20.0. The molecule has 4 aromatic heterocycles. The van der Waals surface area contributed by atoms with Crippen LogP contribution in [-0.4, -0.2) is 37.5 Å². The minimum absolute atomic E-state index is 0.256. The van der Waals surface area contributed by atoms with Gasteiger partial charge in [-0.25, -0.2) is 19.1 Å². The lowest BCUT2D eigenvalue weighted by Gasteiger charge is -2.13. The number of aromatic nitrogens is 5. The van der Waals surface area contributed by atoms with Crippen LogP contribution >= 0.6 is 11.3 Å². The Balaban J connectivity index is 1.42. The van der Waals surface area contributed by atoms with Crippen molar-refractivity contribution in [3.8, 4) is 28.3 Å². The number of thiophene rings is 1. The highest BCUT2D eigenvalue weighted by molar-refractivity contribution is 7.18. The lowest BCUT2D eigenvalue weighted by atomic mass is 9.98. The zero-order valence-electron chi connectivity index (χ0n) is 22.2. The Kier molecular flexibility index (Phi) is 6.86. The number of H-pyrrole nitrogens is 1. The Hall–Kier alpha value is -5.16. The lowest BCUT2D eigenvalue weighted by molar-refractivity contribution is 0.388. The average molecular weight is 565 g/mol. The zero-order chi connectivity index (χ0) is 28.5. The summed E-state index contributed by atoms with van der Waals surface area (Å²) < 4.78 is 7.45. The molecule has 204 valence electrons. The van der Waals surface area contributed by atoms with E-state index in [0.29, 0.717) is 16.0 Å². The van der Waals surface area contributed by atoms with E-state index in [0.717, 1.165) is 43.7 Å². The molecule has 0 aliphatic rings. The summed E-state index contributed by atoms with van der Waals surface area (Å²) in [6.45, 7) is 2.28. The second-order valence-electron chi connectivity index (χ2n) is 9.32. The Morgan fingerprint density at radius 3 is 2.46 bits per heavy atom. The maximum absolute atomic E-state index is 13.8. The van der Waals surface area contributed by atoms with Crippen LogP contribution in [0.1, 0.15) is 22.9 Å². The Morgan fingerprint density at radius 2 is 1.80 bits per heavy atom. The highest BCUT2D eigenvalue weighted by Gasteiger charge is 2.19. The molecule has 0 atom stereocenters. The van der Waals surface area contributed by atoms with Gasteiger partial charge >= 0.3 is 11.4 Å². The number of nitrogens with one attached hydrogen (secondary N) is 1. The van der Waals surface area contributed by atoms with E-state index in [1.54, 1.807) is 36.2 Å². The summed E-state index contributed by atoms with van der Waals surface area (Å²) in [5.41, 5.74) is 3.30. The lowest BCUT2D eigenvalue weighted by Crippen LogP contribution is -2.39. The molecule has 0 aliphatic carbocycles. The van der Waals surface area contributed by atoms with Crippen LogP contribution in [0.4, 0.5) is 0 Å². The highest BCUT2D eigenvalue weighted by Crippen LogP contribution is 2.30. The molecule has 0 fully saturated rings. The molecule has 0 spiro atoms. The van der Waals surface area contributed by atoms with Crippen molar-refractivity contribution >= 4 is 27.8 Å². The second-order valence-corrected chi connectivity index (χ2v) is 10.4. The normalized spacial score (nSPS) is 11.6. The van der Waals surface area contributed by atoms with Gasteiger partial charge < -0.3 is 0 Å². The van der Waals surface area contributed by atoms with Gasteiger partial charge in [-0.1, -0.05) is 60.6 Å². The van der Waals surface area contributed by atoms with Crippen LogP contribution in [-0.2, 0) is 13.0 Å². The molecule has 10 nitrogen and oxygen atoms in total. The molecule has 0 saturated carbocycles. The largest absolute Gasteiger partial charge is 0.439 e. The first-order valence-corrected chi connectivity index (χ1v) is 13.7. The molecule has 4 heterocycles. The number of hydrogen-bond donors (Lipinski definition) is 1. The number of aromatic amines is 1. The van der Waals surface area contributed by atoms with Gasteiger partial charge in [0.15, 0.2) is 5.82 Å². The van der Waals surface area contributed by atoms with Gasteiger partial charge in [0.25, 0.3) is 5.56 Å². The maximum Gasteiger partial charge on any atom is 0.439 e. The maximum atomic E-state index is 13.8. The quantitative estimate of drug-likeness (QED) is 0.288. The van der Waals surface area contributed by atoms with Crippen molar-refractivity contribution in [3.05, 3.63) is 120 Å². The summed E-state index contributed by atoms with van der Waals surface area (Å²) in [5.74, 6) is -0.0195. The van der Waals surface area contributed by atoms with Crippen molar-refractivity contribution in [2.45, 2.75) is 19.9 Å². The Morgan fingerprint density at radius 1 is 1.02 bits per heavy atom. The van der Waals surface area contributed by atoms with Gasteiger partial charge in [-0.15, -0.1) is 11.3 Å². The van der Waals surface area contributed by atoms with Gasteiger partial charge in [0.2, 0.25) is 0 Å². The first-order valence-electron chi connectivity index (χ1n) is 12.9. The summed E-state index contributed by atoms with van der Waals surface area (Å²) in [7, 11) is 1.66. The van der Waals surface area contributed by atoms with Crippen molar-refractivity contribution in [3.63, 3.8) is 0 Å². The molecule has 0 amide bonds. The predicted molar refractivity (Wildman–Crippen MR) is 159 cm³/mol.